The first-order chi connectivity index (χ1) is 9.19. The molecule has 0 bridgehead atoms. The molecule has 2 rings (SSSR count). The Labute approximate surface area is 110 Å². The van der Waals surface area contributed by atoms with E-state index in [1.807, 2.05) is 0 Å². The molecule has 0 atom stereocenters. The van der Waals surface area contributed by atoms with Gasteiger partial charge in [0.05, 0.1) is 0 Å². The smallest absolute Gasteiger partial charge is 0.188 e. The topological polar surface area (TPSA) is 46.5 Å². The fraction of sp³-hybridized carbons (Fsp3) is 0.133. The van der Waals surface area contributed by atoms with Gasteiger partial charge < -0.3 is 9.84 Å². The molecule has 0 saturated carbocycles. The maximum absolute atomic E-state index is 12.7. The first-order valence-electron chi connectivity index (χ1n) is 5.80. The highest BCUT2D eigenvalue weighted by atomic mass is 19.1. The molecule has 0 aromatic heterocycles. The fourth-order valence-corrected chi connectivity index (χ4v) is 1.58. The molecule has 0 aliphatic rings. The predicted molar refractivity (Wildman–Crippen MR) is 68.6 cm³/mol. The van der Waals surface area contributed by atoms with Crippen molar-refractivity contribution in [1.29, 1.82) is 0 Å². The van der Waals surface area contributed by atoms with Crippen LogP contribution in [0.2, 0.25) is 0 Å². The number of aliphatic hydroxyl groups is 1. The van der Waals surface area contributed by atoms with E-state index in [2.05, 4.69) is 0 Å². The molecule has 19 heavy (non-hydrogen) atoms. The van der Waals surface area contributed by atoms with Crippen LogP contribution < -0.4 is 4.74 Å². The molecular weight excluding hydrogens is 247 g/mol. The molecule has 0 spiro atoms. The molecule has 0 aliphatic carbocycles. The molecule has 3 nitrogen and oxygen atoms in total. The normalized spacial score (nSPS) is 10.2. The predicted octanol–water partition coefficient (Wildman–Crippen LogP) is 2.58. The van der Waals surface area contributed by atoms with Gasteiger partial charge in [-0.3, -0.25) is 4.79 Å². The van der Waals surface area contributed by atoms with Crippen LogP contribution in [0.1, 0.15) is 15.9 Å². The summed E-state index contributed by atoms with van der Waals surface area (Å²) < 4.78 is 18.2. The van der Waals surface area contributed by atoms with Gasteiger partial charge in [-0.05, 0) is 42.0 Å². The largest absolute Gasteiger partial charge is 0.489 e. The van der Waals surface area contributed by atoms with Crippen LogP contribution in [0.5, 0.6) is 5.75 Å². The van der Waals surface area contributed by atoms with Crippen LogP contribution in [0.25, 0.3) is 0 Å². The number of carbonyl (C=O) groups excluding carboxylic acids is 1. The quantitative estimate of drug-likeness (QED) is 0.840. The number of benzene rings is 2. The molecule has 0 fully saturated rings. The van der Waals surface area contributed by atoms with Crippen LogP contribution in [-0.2, 0) is 6.61 Å². The summed E-state index contributed by atoms with van der Waals surface area (Å²) in [6.07, 6.45) is 0. The van der Waals surface area contributed by atoms with Gasteiger partial charge in [0.25, 0.3) is 0 Å². The maximum atomic E-state index is 12.7. The van der Waals surface area contributed by atoms with Gasteiger partial charge in [0.1, 0.15) is 24.8 Å². The van der Waals surface area contributed by atoms with E-state index in [0.29, 0.717) is 17.9 Å². The Morgan fingerprint density at radius 2 is 1.68 bits per heavy atom. The summed E-state index contributed by atoms with van der Waals surface area (Å²) in [5.41, 5.74) is 1.30. The van der Waals surface area contributed by atoms with Crippen LogP contribution in [0.3, 0.4) is 0 Å². The average molecular weight is 260 g/mol. The lowest BCUT2D eigenvalue weighted by Crippen LogP contribution is -2.04. The first kappa shape index (κ1) is 13.2. The lowest BCUT2D eigenvalue weighted by Gasteiger charge is -2.06. The van der Waals surface area contributed by atoms with Crippen LogP contribution in [0.15, 0.2) is 48.5 Å². The van der Waals surface area contributed by atoms with Gasteiger partial charge in [-0.15, -0.1) is 0 Å². The molecule has 0 saturated heterocycles. The van der Waals surface area contributed by atoms with E-state index in [9.17, 15) is 9.18 Å². The summed E-state index contributed by atoms with van der Waals surface area (Å²) in [5.74, 6) is -0.000446. The lowest BCUT2D eigenvalue weighted by atomic mass is 10.1. The van der Waals surface area contributed by atoms with E-state index >= 15 is 0 Å². The van der Waals surface area contributed by atoms with Crippen molar-refractivity contribution in [2.75, 3.05) is 6.61 Å². The molecule has 0 radical (unpaired) electrons. The highest BCUT2D eigenvalue weighted by Gasteiger charge is 2.03. The number of ether oxygens (including phenoxy) is 1. The number of carbonyl (C=O) groups is 1. The highest BCUT2D eigenvalue weighted by Crippen LogP contribution is 2.14. The third-order valence-electron chi connectivity index (χ3n) is 2.64. The van der Waals surface area contributed by atoms with Crippen molar-refractivity contribution in [2.45, 2.75) is 6.61 Å². The van der Waals surface area contributed by atoms with E-state index in [-0.39, 0.29) is 11.6 Å². The second kappa shape index (κ2) is 6.11. The zero-order valence-corrected chi connectivity index (χ0v) is 10.2. The molecular formula is C15H13FO3. The number of aliphatic hydroxyl groups excluding tert-OH is 1. The van der Waals surface area contributed by atoms with Gasteiger partial charge in [-0.1, -0.05) is 12.1 Å². The Bertz CT molecular complexity index is 547. The average Bonchev–Trinajstić information content (AvgIpc) is 2.46. The second-order valence-electron chi connectivity index (χ2n) is 4.02. The number of rotatable bonds is 5. The zero-order valence-electron chi connectivity index (χ0n) is 10.2. The number of hydrogen-bond donors (Lipinski definition) is 1. The van der Waals surface area contributed by atoms with Crippen molar-refractivity contribution >= 4 is 5.78 Å². The Balaban J connectivity index is 1.96. The van der Waals surface area contributed by atoms with E-state index < -0.39 is 6.61 Å². The minimum Gasteiger partial charge on any atom is -0.489 e. The summed E-state index contributed by atoms with van der Waals surface area (Å²) >= 11 is 0. The fourth-order valence-electron chi connectivity index (χ4n) is 1.58. The van der Waals surface area contributed by atoms with Gasteiger partial charge in [-0.2, -0.15) is 0 Å². The Morgan fingerprint density at radius 1 is 1.05 bits per heavy atom. The van der Waals surface area contributed by atoms with E-state index in [1.165, 1.54) is 12.1 Å². The van der Waals surface area contributed by atoms with Crippen molar-refractivity contribution in [3.8, 4) is 5.75 Å². The van der Waals surface area contributed by atoms with Crippen molar-refractivity contribution in [3.05, 3.63) is 65.5 Å². The van der Waals surface area contributed by atoms with Crippen molar-refractivity contribution in [2.24, 2.45) is 0 Å². The van der Waals surface area contributed by atoms with E-state index in [1.54, 1.807) is 36.4 Å². The third kappa shape index (κ3) is 3.63. The Morgan fingerprint density at radius 3 is 2.26 bits per heavy atom. The molecule has 1 N–H and O–H groups in total. The summed E-state index contributed by atoms with van der Waals surface area (Å²) in [7, 11) is 0. The summed E-state index contributed by atoms with van der Waals surface area (Å²) in [4.78, 5) is 11.2. The second-order valence-corrected chi connectivity index (χ2v) is 4.02. The van der Waals surface area contributed by atoms with Crippen LogP contribution in [-0.4, -0.2) is 17.5 Å². The summed E-state index contributed by atoms with van der Waals surface area (Å²) in [5, 5.41) is 8.72. The van der Waals surface area contributed by atoms with Crippen molar-refractivity contribution in [3.63, 3.8) is 0 Å². The number of halogens is 1. The maximum Gasteiger partial charge on any atom is 0.188 e. The molecule has 2 aromatic rings. The third-order valence-corrected chi connectivity index (χ3v) is 2.64. The molecule has 0 amide bonds. The summed E-state index contributed by atoms with van der Waals surface area (Å²) in [6, 6.07) is 12.6. The molecule has 0 heterocycles. The van der Waals surface area contributed by atoms with Crippen LogP contribution in [0.4, 0.5) is 4.39 Å². The van der Waals surface area contributed by atoms with Crippen LogP contribution in [0, 0.1) is 5.82 Å². The summed E-state index contributed by atoms with van der Waals surface area (Å²) in [6.45, 7) is -0.177. The van der Waals surface area contributed by atoms with E-state index in [0.717, 1.165) is 5.56 Å². The van der Waals surface area contributed by atoms with Gasteiger partial charge >= 0.3 is 0 Å². The molecule has 0 aliphatic heterocycles. The van der Waals surface area contributed by atoms with Crippen molar-refractivity contribution in [1.82, 2.24) is 0 Å². The zero-order chi connectivity index (χ0) is 13.7. The number of Topliss-reactive ketones (excluding diaryl/α,β-unsaturated/α-hetero) is 1. The number of ketones is 1. The van der Waals surface area contributed by atoms with Crippen molar-refractivity contribution < 1.29 is 19.0 Å². The molecule has 0 unspecified atom stereocenters. The lowest BCUT2D eigenvalue weighted by molar-refractivity contribution is 0.0903. The van der Waals surface area contributed by atoms with E-state index in [4.69, 9.17) is 9.84 Å². The van der Waals surface area contributed by atoms with Crippen LogP contribution >= 0.6 is 0 Å². The highest BCUT2D eigenvalue weighted by molar-refractivity contribution is 5.96. The molecule has 2 aromatic carbocycles. The monoisotopic (exact) mass is 260 g/mol. The Hall–Kier alpha value is -2.20. The van der Waals surface area contributed by atoms with Gasteiger partial charge in [-0.25, -0.2) is 4.39 Å². The minimum atomic E-state index is -0.504. The molecule has 4 heteroatoms. The standard InChI is InChI=1S/C15H13FO3/c16-13-5-1-11(2-6-13)10-19-14-7-3-12(4-8-14)15(18)9-17/h1-8,17H,9-10H2. The molecule has 98 valence electrons. The van der Waals surface area contributed by atoms with Gasteiger partial charge in [0.15, 0.2) is 5.78 Å². The van der Waals surface area contributed by atoms with Gasteiger partial charge in [0, 0.05) is 5.56 Å². The number of hydrogen-bond acceptors (Lipinski definition) is 3. The van der Waals surface area contributed by atoms with Gasteiger partial charge in [0.2, 0.25) is 0 Å². The minimum absolute atomic E-state index is 0.282. The first-order valence-corrected chi connectivity index (χ1v) is 5.80. The Kier molecular flexibility index (Phi) is 4.26. The SMILES string of the molecule is O=C(CO)c1ccc(OCc2ccc(F)cc2)cc1.